The van der Waals surface area contributed by atoms with Gasteiger partial charge in [0.25, 0.3) is 0 Å². The number of amides is 1. The summed E-state index contributed by atoms with van der Waals surface area (Å²) in [6.07, 6.45) is 7.42. The van der Waals surface area contributed by atoms with Crippen LogP contribution in [0.25, 0.3) is 11.1 Å². The van der Waals surface area contributed by atoms with Crippen molar-refractivity contribution in [3.8, 4) is 11.1 Å². The van der Waals surface area contributed by atoms with E-state index >= 15 is 0 Å². The first-order valence-corrected chi connectivity index (χ1v) is 10.7. The van der Waals surface area contributed by atoms with E-state index in [0.29, 0.717) is 6.42 Å². The van der Waals surface area contributed by atoms with Crippen LogP contribution in [0.15, 0.2) is 24.5 Å². The summed E-state index contributed by atoms with van der Waals surface area (Å²) < 4.78 is 20.2. The number of nitrogens with zero attached hydrogens (tertiary/aromatic N) is 2. The zero-order chi connectivity index (χ0) is 21.1. The maximum Gasteiger partial charge on any atom is 0.496 e. The molecule has 3 aliphatic heterocycles. The first-order valence-electron chi connectivity index (χ1n) is 10.7. The first kappa shape index (κ1) is 19.8. The standard InChI is InChI=1S/C22H28BN3O4/c1-21(2)22(3,4)30-23(29-21)17-9-8-15(16-11-18(27)25-20(16)17)14-12-24-26(13-14)19-7-5-6-10-28-19/h8-9,12-13,19H,5-7,10-11H2,1-4H3,(H,25,27). The molecule has 4 heterocycles. The predicted molar refractivity (Wildman–Crippen MR) is 115 cm³/mol. The molecule has 2 aromatic rings. The van der Waals surface area contributed by atoms with Crippen molar-refractivity contribution in [3.63, 3.8) is 0 Å². The van der Waals surface area contributed by atoms with E-state index in [-0.39, 0.29) is 12.1 Å². The highest BCUT2D eigenvalue weighted by Crippen LogP contribution is 2.39. The van der Waals surface area contributed by atoms with Crippen molar-refractivity contribution in [1.82, 2.24) is 9.78 Å². The molecule has 5 rings (SSSR count). The molecule has 1 atom stereocenters. The van der Waals surface area contributed by atoms with Crippen LogP contribution in [0.3, 0.4) is 0 Å². The zero-order valence-corrected chi connectivity index (χ0v) is 18.0. The quantitative estimate of drug-likeness (QED) is 0.789. The number of benzene rings is 1. The number of rotatable bonds is 3. The number of carbonyl (C=O) groups is 1. The van der Waals surface area contributed by atoms with Crippen LogP contribution in [-0.2, 0) is 25.3 Å². The number of nitrogens with one attached hydrogen (secondary N) is 1. The van der Waals surface area contributed by atoms with E-state index in [9.17, 15) is 4.79 Å². The monoisotopic (exact) mass is 409 g/mol. The molecule has 1 aromatic carbocycles. The largest absolute Gasteiger partial charge is 0.496 e. The van der Waals surface area contributed by atoms with E-state index < -0.39 is 18.3 Å². The molecule has 0 bridgehead atoms. The Hall–Kier alpha value is -2.16. The van der Waals surface area contributed by atoms with Gasteiger partial charge in [-0.15, -0.1) is 0 Å². The molecule has 0 saturated carbocycles. The average molecular weight is 409 g/mol. The number of carbonyl (C=O) groups excluding carboxylic acids is 1. The van der Waals surface area contributed by atoms with E-state index in [1.165, 1.54) is 0 Å². The number of fused-ring (bicyclic) bond motifs is 1. The average Bonchev–Trinajstić information content (AvgIpc) is 3.37. The van der Waals surface area contributed by atoms with Gasteiger partial charge in [0.05, 0.1) is 23.8 Å². The summed E-state index contributed by atoms with van der Waals surface area (Å²) in [5.74, 6) is -0.0155. The third kappa shape index (κ3) is 3.18. The topological polar surface area (TPSA) is 74.6 Å². The van der Waals surface area contributed by atoms with E-state index in [1.54, 1.807) is 0 Å². The SMILES string of the molecule is CC1(C)OB(c2ccc(-c3cnn(C4CCCCO4)c3)c3c2NC(=O)C3)OC1(C)C. The second-order valence-electron chi connectivity index (χ2n) is 9.40. The van der Waals surface area contributed by atoms with Crippen LogP contribution < -0.4 is 10.8 Å². The van der Waals surface area contributed by atoms with E-state index in [4.69, 9.17) is 14.0 Å². The molecule has 1 aromatic heterocycles. The lowest BCUT2D eigenvalue weighted by atomic mass is 9.76. The molecule has 0 radical (unpaired) electrons. The number of hydrogen-bond donors (Lipinski definition) is 1. The van der Waals surface area contributed by atoms with Gasteiger partial charge < -0.3 is 19.4 Å². The van der Waals surface area contributed by atoms with Gasteiger partial charge in [-0.1, -0.05) is 12.1 Å². The first-order chi connectivity index (χ1) is 14.2. The third-order valence-corrected chi connectivity index (χ3v) is 6.82. The van der Waals surface area contributed by atoms with Crippen molar-refractivity contribution in [1.29, 1.82) is 0 Å². The molecule has 158 valence electrons. The lowest BCUT2D eigenvalue weighted by Gasteiger charge is -2.32. The third-order valence-electron chi connectivity index (χ3n) is 6.82. The summed E-state index contributed by atoms with van der Waals surface area (Å²) in [4.78, 5) is 12.3. The summed E-state index contributed by atoms with van der Waals surface area (Å²) in [6, 6.07) is 4.04. The Bertz CT molecular complexity index is 978. The van der Waals surface area contributed by atoms with Gasteiger partial charge in [0.15, 0.2) is 0 Å². The van der Waals surface area contributed by atoms with E-state index in [2.05, 4.69) is 10.4 Å². The second-order valence-corrected chi connectivity index (χ2v) is 9.40. The molecule has 2 fully saturated rings. The van der Waals surface area contributed by atoms with Crippen LogP contribution in [0, 0.1) is 0 Å². The fourth-order valence-electron chi connectivity index (χ4n) is 4.35. The molecule has 3 aliphatic rings. The van der Waals surface area contributed by atoms with Crippen LogP contribution in [0.2, 0.25) is 0 Å². The Morgan fingerprint density at radius 3 is 2.63 bits per heavy atom. The molecule has 1 unspecified atom stereocenters. The number of hydrogen-bond acceptors (Lipinski definition) is 5. The summed E-state index contributed by atoms with van der Waals surface area (Å²) in [6.45, 7) is 8.89. The highest BCUT2D eigenvalue weighted by molar-refractivity contribution is 6.64. The normalized spacial score (nSPS) is 24.7. The molecule has 8 heteroatoms. The fourth-order valence-corrected chi connectivity index (χ4v) is 4.35. The van der Waals surface area contributed by atoms with Crippen LogP contribution in [0.1, 0.15) is 58.7 Å². The molecule has 30 heavy (non-hydrogen) atoms. The van der Waals surface area contributed by atoms with E-state index in [1.807, 2.05) is 56.9 Å². The van der Waals surface area contributed by atoms with Gasteiger partial charge in [-0.05, 0) is 58.1 Å². The summed E-state index contributed by atoms with van der Waals surface area (Å²) in [5, 5.41) is 7.56. The van der Waals surface area contributed by atoms with Crippen molar-refractivity contribution < 1.29 is 18.8 Å². The van der Waals surface area contributed by atoms with E-state index in [0.717, 1.165) is 53.7 Å². The maximum atomic E-state index is 12.3. The van der Waals surface area contributed by atoms with Gasteiger partial charge in [0, 0.05) is 29.5 Å². The minimum Gasteiger partial charge on any atom is -0.399 e. The molecular weight excluding hydrogens is 381 g/mol. The molecule has 7 nitrogen and oxygen atoms in total. The number of anilines is 1. The number of aromatic nitrogens is 2. The lowest BCUT2D eigenvalue weighted by molar-refractivity contribution is -0.115. The summed E-state index contributed by atoms with van der Waals surface area (Å²) in [5.41, 5.74) is 3.75. The maximum absolute atomic E-state index is 12.3. The van der Waals surface area contributed by atoms with Crippen molar-refractivity contribution >= 4 is 24.2 Å². The Balaban J connectivity index is 1.50. The molecule has 0 spiro atoms. The fraction of sp³-hybridized carbons (Fsp3) is 0.545. The molecule has 0 aliphatic carbocycles. The van der Waals surface area contributed by atoms with Crippen molar-refractivity contribution in [2.45, 2.75) is 70.8 Å². The van der Waals surface area contributed by atoms with Crippen LogP contribution >= 0.6 is 0 Å². The number of ether oxygens (including phenoxy) is 1. The molecule has 2 saturated heterocycles. The highest BCUT2D eigenvalue weighted by atomic mass is 16.7. The van der Waals surface area contributed by atoms with Gasteiger partial charge in [-0.25, -0.2) is 4.68 Å². The van der Waals surface area contributed by atoms with Crippen molar-refractivity contribution in [2.24, 2.45) is 0 Å². The van der Waals surface area contributed by atoms with Gasteiger partial charge in [0.1, 0.15) is 6.23 Å². The second kappa shape index (κ2) is 6.94. The summed E-state index contributed by atoms with van der Waals surface area (Å²) in [7, 11) is -0.519. The van der Waals surface area contributed by atoms with Crippen molar-refractivity contribution in [3.05, 3.63) is 30.1 Å². The van der Waals surface area contributed by atoms with Crippen molar-refractivity contribution in [2.75, 3.05) is 11.9 Å². The van der Waals surface area contributed by atoms with Gasteiger partial charge in [-0.3, -0.25) is 4.79 Å². The van der Waals surface area contributed by atoms with Crippen LogP contribution in [0.4, 0.5) is 5.69 Å². The Morgan fingerprint density at radius 2 is 1.93 bits per heavy atom. The molecule has 1 N–H and O–H groups in total. The van der Waals surface area contributed by atoms with Crippen LogP contribution in [0.5, 0.6) is 0 Å². The minimum absolute atomic E-state index is 0.00988. The lowest BCUT2D eigenvalue weighted by Crippen LogP contribution is -2.41. The Kier molecular flexibility index (Phi) is 4.57. The highest BCUT2D eigenvalue weighted by Gasteiger charge is 2.52. The smallest absolute Gasteiger partial charge is 0.399 e. The van der Waals surface area contributed by atoms with Crippen LogP contribution in [-0.4, -0.2) is 40.6 Å². The van der Waals surface area contributed by atoms with Gasteiger partial charge >= 0.3 is 7.12 Å². The zero-order valence-electron chi connectivity index (χ0n) is 18.0. The summed E-state index contributed by atoms with van der Waals surface area (Å²) >= 11 is 0. The van der Waals surface area contributed by atoms with Gasteiger partial charge in [0.2, 0.25) is 5.91 Å². The minimum atomic E-state index is -0.519. The van der Waals surface area contributed by atoms with Gasteiger partial charge in [-0.2, -0.15) is 5.10 Å². The molecule has 1 amide bonds. The predicted octanol–water partition coefficient (Wildman–Crippen LogP) is 3.04. The Labute approximate surface area is 177 Å². The molecular formula is C22H28BN3O4. The Morgan fingerprint density at radius 1 is 1.17 bits per heavy atom.